The van der Waals surface area contributed by atoms with Gasteiger partial charge in [-0.1, -0.05) is 22.0 Å². The van der Waals surface area contributed by atoms with Crippen LogP contribution in [0.2, 0.25) is 0 Å². The lowest BCUT2D eigenvalue weighted by Crippen LogP contribution is -2.11. The number of hydrogen-bond donors (Lipinski definition) is 0. The van der Waals surface area contributed by atoms with Gasteiger partial charge in [-0.05, 0) is 36.4 Å². The van der Waals surface area contributed by atoms with E-state index in [0.29, 0.717) is 11.8 Å². The molecule has 0 aromatic heterocycles. The van der Waals surface area contributed by atoms with Crippen molar-refractivity contribution in [2.24, 2.45) is 0 Å². The third-order valence-corrected chi connectivity index (χ3v) is 3.11. The predicted octanol–water partition coefficient (Wildman–Crippen LogP) is 5.19. The Morgan fingerprint density at radius 2 is 1.65 bits per heavy atom. The Morgan fingerprint density at radius 3 is 2.25 bits per heavy atom. The normalized spacial score (nSPS) is 11.4. The smallest absolute Gasteiger partial charge is 0.416 e. The highest BCUT2D eigenvalue weighted by Crippen LogP contribution is 2.33. The summed E-state index contributed by atoms with van der Waals surface area (Å²) < 4.78 is 57.4. The van der Waals surface area contributed by atoms with E-state index in [1.54, 1.807) is 24.3 Å². The van der Waals surface area contributed by atoms with Gasteiger partial charge in [-0.3, -0.25) is 0 Å². The minimum atomic E-state index is -4.61. The van der Waals surface area contributed by atoms with E-state index in [1.807, 2.05) is 0 Å². The Kier molecular flexibility index (Phi) is 4.32. The zero-order chi connectivity index (χ0) is 14.8. The van der Waals surface area contributed by atoms with Gasteiger partial charge in [-0.15, -0.1) is 0 Å². The van der Waals surface area contributed by atoms with Crippen LogP contribution in [0.3, 0.4) is 0 Å². The summed E-state index contributed by atoms with van der Waals surface area (Å²) in [6.45, 7) is -0.281. The van der Waals surface area contributed by atoms with Crippen LogP contribution in [0.5, 0.6) is 5.75 Å². The van der Waals surface area contributed by atoms with Gasteiger partial charge in [0.15, 0.2) is 0 Å². The molecule has 1 nitrogen and oxygen atoms in total. The summed E-state index contributed by atoms with van der Waals surface area (Å²) >= 11 is 3.24. The molecule has 2 aromatic rings. The summed E-state index contributed by atoms with van der Waals surface area (Å²) in [5.41, 5.74) is -1.13. The second-order valence-electron chi connectivity index (χ2n) is 4.04. The number of halogens is 5. The van der Waals surface area contributed by atoms with Crippen LogP contribution in [0.1, 0.15) is 11.1 Å². The first-order chi connectivity index (χ1) is 9.36. The molecule has 2 aromatic carbocycles. The van der Waals surface area contributed by atoms with E-state index in [4.69, 9.17) is 4.74 Å². The summed E-state index contributed by atoms with van der Waals surface area (Å²) in [5, 5.41) is 0. The lowest BCUT2D eigenvalue weighted by Gasteiger charge is -2.13. The van der Waals surface area contributed by atoms with Crippen molar-refractivity contribution in [3.8, 4) is 5.75 Å². The minimum absolute atomic E-state index is 0.109. The Hall–Kier alpha value is -1.56. The fraction of sp³-hybridized carbons (Fsp3) is 0.143. The van der Waals surface area contributed by atoms with Crippen molar-refractivity contribution >= 4 is 15.9 Å². The predicted molar refractivity (Wildman–Crippen MR) is 69.9 cm³/mol. The molecule has 0 N–H and O–H groups in total. The van der Waals surface area contributed by atoms with E-state index in [2.05, 4.69) is 15.9 Å². The van der Waals surface area contributed by atoms with E-state index in [0.717, 1.165) is 16.6 Å². The van der Waals surface area contributed by atoms with Crippen LogP contribution in [0, 0.1) is 5.82 Å². The molecule has 0 fully saturated rings. The van der Waals surface area contributed by atoms with Gasteiger partial charge in [-0.25, -0.2) is 4.39 Å². The Balaban J connectivity index is 2.19. The number of ether oxygens (including phenoxy) is 1. The number of rotatable bonds is 3. The zero-order valence-electron chi connectivity index (χ0n) is 10.0. The highest BCUT2D eigenvalue weighted by Gasteiger charge is 2.33. The molecule has 0 aliphatic carbocycles. The quantitative estimate of drug-likeness (QED) is 0.694. The van der Waals surface area contributed by atoms with Crippen molar-refractivity contribution in [2.75, 3.05) is 0 Å². The van der Waals surface area contributed by atoms with Crippen LogP contribution in [-0.4, -0.2) is 0 Å². The third-order valence-electron chi connectivity index (χ3n) is 2.59. The molecule has 0 heterocycles. The maximum absolute atomic E-state index is 12.9. The second kappa shape index (κ2) is 5.83. The SMILES string of the molecule is Fc1ccc(COc2ccc(Br)cc2)c(C(F)(F)F)c1. The lowest BCUT2D eigenvalue weighted by atomic mass is 10.1. The standard InChI is InChI=1S/C14H9BrF4O/c15-10-2-5-12(6-3-10)20-8-9-1-4-11(16)7-13(9)14(17,18)19/h1-7H,8H2. The molecule has 0 atom stereocenters. The number of benzene rings is 2. The fourth-order valence-electron chi connectivity index (χ4n) is 1.63. The van der Waals surface area contributed by atoms with Gasteiger partial charge >= 0.3 is 6.18 Å². The molecular weight excluding hydrogens is 340 g/mol. The molecule has 0 radical (unpaired) electrons. The van der Waals surface area contributed by atoms with Crippen LogP contribution in [0.25, 0.3) is 0 Å². The van der Waals surface area contributed by atoms with Crippen molar-refractivity contribution in [3.63, 3.8) is 0 Å². The second-order valence-corrected chi connectivity index (χ2v) is 4.96. The topological polar surface area (TPSA) is 9.23 Å². The Morgan fingerprint density at radius 1 is 1.00 bits per heavy atom. The average Bonchev–Trinajstić information content (AvgIpc) is 2.38. The molecular formula is C14H9BrF4O. The molecule has 6 heteroatoms. The van der Waals surface area contributed by atoms with E-state index >= 15 is 0 Å². The fourth-order valence-corrected chi connectivity index (χ4v) is 1.89. The van der Waals surface area contributed by atoms with Gasteiger partial charge in [0, 0.05) is 10.0 Å². The maximum Gasteiger partial charge on any atom is 0.416 e. The molecule has 20 heavy (non-hydrogen) atoms. The largest absolute Gasteiger partial charge is 0.489 e. The van der Waals surface area contributed by atoms with Crippen molar-refractivity contribution in [1.29, 1.82) is 0 Å². The van der Waals surface area contributed by atoms with Crippen molar-refractivity contribution in [2.45, 2.75) is 12.8 Å². The van der Waals surface area contributed by atoms with Crippen LogP contribution in [0.4, 0.5) is 17.6 Å². The highest BCUT2D eigenvalue weighted by atomic mass is 79.9. The molecule has 0 bridgehead atoms. The molecule has 0 spiro atoms. The van der Waals surface area contributed by atoms with Gasteiger partial charge in [0.1, 0.15) is 18.2 Å². The molecule has 0 amide bonds. The van der Waals surface area contributed by atoms with Crippen molar-refractivity contribution < 1.29 is 22.3 Å². The van der Waals surface area contributed by atoms with Crippen molar-refractivity contribution in [3.05, 3.63) is 63.9 Å². The first kappa shape index (κ1) is 14.8. The van der Waals surface area contributed by atoms with Crippen LogP contribution >= 0.6 is 15.9 Å². The Bertz CT molecular complexity index is 593. The summed E-state index contributed by atoms with van der Waals surface area (Å²) in [6, 6.07) is 9.21. The monoisotopic (exact) mass is 348 g/mol. The van der Waals surface area contributed by atoms with E-state index < -0.39 is 17.6 Å². The minimum Gasteiger partial charge on any atom is -0.489 e. The maximum atomic E-state index is 12.9. The number of alkyl halides is 3. The van der Waals surface area contributed by atoms with Gasteiger partial charge in [0.2, 0.25) is 0 Å². The van der Waals surface area contributed by atoms with Crippen LogP contribution in [-0.2, 0) is 12.8 Å². The van der Waals surface area contributed by atoms with E-state index in [-0.39, 0.29) is 12.2 Å². The first-order valence-corrected chi connectivity index (χ1v) is 6.39. The van der Waals surface area contributed by atoms with E-state index in [9.17, 15) is 17.6 Å². The molecule has 106 valence electrons. The van der Waals surface area contributed by atoms with Crippen molar-refractivity contribution in [1.82, 2.24) is 0 Å². The van der Waals surface area contributed by atoms with Gasteiger partial charge in [0.05, 0.1) is 5.56 Å². The first-order valence-electron chi connectivity index (χ1n) is 5.60. The summed E-state index contributed by atoms with van der Waals surface area (Å²) in [6.07, 6.45) is -4.61. The van der Waals surface area contributed by atoms with Gasteiger partial charge < -0.3 is 4.74 Å². The number of hydrogen-bond acceptors (Lipinski definition) is 1. The third kappa shape index (κ3) is 3.72. The van der Waals surface area contributed by atoms with Crippen LogP contribution in [0.15, 0.2) is 46.9 Å². The van der Waals surface area contributed by atoms with Crippen LogP contribution < -0.4 is 4.74 Å². The molecule has 0 saturated heterocycles. The molecule has 0 unspecified atom stereocenters. The molecule has 0 aliphatic heterocycles. The summed E-state index contributed by atoms with van der Waals surface area (Å²) in [7, 11) is 0. The van der Waals surface area contributed by atoms with Gasteiger partial charge in [-0.2, -0.15) is 13.2 Å². The highest BCUT2D eigenvalue weighted by molar-refractivity contribution is 9.10. The summed E-state index contributed by atoms with van der Waals surface area (Å²) in [5.74, 6) is -0.490. The van der Waals surface area contributed by atoms with Gasteiger partial charge in [0.25, 0.3) is 0 Å². The zero-order valence-corrected chi connectivity index (χ0v) is 11.6. The molecule has 2 rings (SSSR count). The van der Waals surface area contributed by atoms with E-state index in [1.165, 1.54) is 0 Å². The summed E-state index contributed by atoms with van der Waals surface area (Å²) in [4.78, 5) is 0. The molecule has 0 aliphatic rings. The average molecular weight is 349 g/mol. The Labute approximate surface area is 121 Å². The lowest BCUT2D eigenvalue weighted by molar-refractivity contribution is -0.138. The molecule has 0 saturated carbocycles.